The predicted molar refractivity (Wildman–Crippen MR) is 70.4 cm³/mol. The van der Waals surface area contributed by atoms with Gasteiger partial charge < -0.3 is 20.1 Å². The van der Waals surface area contributed by atoms with Crippen LogP contribution >= 0.6 is 0 Å². The highest BCUT2D eigenvalue weighted by molar-refractivity contribution is 6.04. The Morgan fingerprint density at radius 2 is 1.70 bits per heavy atom. The number of Topliss-reactive ketones (excluding diaryl/α,β-unsaturated/α-hetero) is 1. The molecular formula is C15H12O5. The molecule has 5 heteroatoms. The molecule has 1 heterocycles. The lowest BCUT2D eigenvalue weighted by Crippen LogP contribution is -2.26. The number of aromatic hydroxyl groups is 3. The number of carbonyl (C=O) groups is 1. The van der Waals surface area contributed by atoms with Gasteiger partial charge in [0.25, 0.3) is 0 Å². The van der Waals surface area contributed by atoms with E-state index in [-0.39, 0.29) is 29.6 Å². The lowest BCUT2D eigenvalue weighted by Gasteiger charge is -2.25. The van der Waals surface area contributed by atoms with Gasteiger partial charge in [-0.15, -0.1) is 0 Å². The maximum Gasteiger partial charge on any atom is 0.177 e. The molecule has 0 bridgehead atoms. The fraction of sp³-hybridized carbons (Fsp3) is 0.133. The number of phenolic OH excluding ortho intramolecular Hbond substituents is 3. The van der Waals surface area contributed by atoms with E-state index in [4.69, 9.17) is 4.74 Å². The molecule has 0 amide bonds. The van der Waals surface area contributed by atoms with Crippen molar-refractivity contribution in [3.63, 3.8) is 0 Å². The minimum absolute atomic E-state index is 0.0301. The highest BCUT2D eigenvalue weighted by Crippen LogP contribution is 2.38. The van der Waals surface area contributed by atoms with Gasteiger partial charge >= 0.3 is 0 Å². The number of carbonyl (C=O) groups excluding carboxylic acids is 1. The summed E-state index contributed by atoms with van der Waals surface area (Å²) in [5, 5.41) is 28.5. The molecule has 0 fully saturated rings. The Balaban J connectivity index is 2.02. The van der Waals surface area contributed by atoms with Crippen molar-refractivity contribution in [2.75, 3.05) is 6.61 Å². The largest absolute Gasteiger partial charge is 0.508 e. The molecule has 0 saturated carbocycles. The van der Waals surface area contributed by atoms with Gasteiger partial charge in [-0.25, -0.2) is 0 Å². The Bertz CT molecular complexity index is 693. The summed E-state index contributed by atoms with van der Waals surface area (Å²) in [4.78, 5) is 12.4. The van der Waals surface area contributed by atoms with Crippen LogP contribution in [0.15, 0.2) is 36.4 Å². The zero-order chi connectivity index (χ0) is 14.3. The maximum atomic E-state index is 12.4. The Hall–Kier alpha value is -2.69. The van der Waals surface area contributed by atoms with Crippen molar-refractivity contribution < 1.29 is 24.9 Å². The zero-order valence-electron chi connectivity index (χ0n) is 10.4. The first-order chi connectivity index (χ1) is 9.56. The Kier molecular flexibility index (Phi) is 2.75. The molecule has 102 valence electrons. The van der Waals surface area contributed by atoms with Gasteiger partial charge in [0.1, 0.15) is 29.6 Å². The number of ether oxygens (including phenoxy) is 1. The van der Waals surface area contributed by atoms with E-state index in [1.807, 2.05) is 0 Å². The van der Waals surface area contributed by atoms with Crippen molar-refractivity contribution in [3.8, 4) is 23.0 Å². The van der Waals surface area contributed by atoms with Crippen LogP contribution in [0.3, 0.4) is 0 Å². The van der Waals surface area contributed by atoms with E-state index in [1.165, 1.54) is 36.4 Å². The number of benzene rings is 2. The number of hydrogen-bond acceptors (Lipinski definition) is 5. The SMILES string of the molecule is O=C1c2ccc(O)cc2OCC1c1ccc(O)cc1O. The Morgan fingerprint density at radius 3 is 2.45 bits per heavy atom. The van der Waals surface area contributed by atoms with Gasteiger partial charge in [0.15, 0.2) is 5.78 Å². The summed E-state index contributed by atoms with van der Waals surface area (Å²) in [6.45, 7) is 0.0770. The van der Waals surface area contributed by atoms with Crippen molar-refractivity contribution in [2.24, 2.45) is 0 Å². The molecule has 0 aliphatic carbocycles. The van der Waals surface area contributed by atoms with Crippen LogP contribution in [0.4, 0.5) is 0 Å². The first kappa shape index (κ1) is 12.3. The summed E-state index contributed by atoms with van der Waals surface area (Å²) in [6, 6.07) is 8.40. The van der Waals surface area contributed by atoms with Crippen LogP contribution in [0.5, 0.6) is 23.0 Å². The monoisotopic (exact) mass is 272 g/mol. The molecule has 2 aromatic carbocycles. The van der Waals surface area contributed by atoms with E-state index in [2.05, 4.69) is 0 Å². The van der Waals surface area contributed by atoms with Gasteiger partial charge in [0, 0.05) is 17.7 Å². The fourth-order valence-corrected chi connectivity index (χ4v) is 2.33. The third-order valence-corrected chi connectivity index (χ3v) is 3.34. The van der Waals surface area contributed by atoms with E-state index < -0.39 is 5.92 Å². The molecule has 0 spiro atoms. The highest BCUT2D eigenvalue weighted by Gasteiger charge is 2.32. The molecule has 0 radical (unpaired) electrons. The van der Waals surface area contributed by atoms with Crippen LogP contribution in [-0.2, 0) is 0 Å². The molecular weight excluding hydrogens is 260 g/mol. The smallest absolute Gasteiger partial charge is 0.177 e. The predicted octanol–water partition coefficient (Wildman–Crippen LogP) is 2.16. The van der Waals surface area contributed by atoms with Crippen molar-refractivity contribution in [3.05, 3.63) is 47.5 Å². The summed E-state index contributed by atoms with van der Waals surface area (Å²) < 4.78 is 5.47. The molecule has 5 nitrogen and oxygen atoms in total. The summed E-state index contributed by atoms with van der Waals surface area (Å²) in [7, 11) is 0. The molecule has 2 aromatic rings. The second-order valence-electron chi connectivity index (χ2n) is 4.65. The van der Waals surface area contributed by atoms with E-state index >= 15 is 0 Å². The molecule has 1 aliphatic rings. The summed E-state index contributed by atoms with van der Waals surface area (Å²) >= 11 is 0. The molecule has 1 aliphatic heterocycles. The first-order valence-electron chi connectivity index (χ1n) is 6.08. The Morgan fingerprint density at radius 1 is 1.00 bits per heavy atom. The van der Waals surface area contributed by atoms with E-state index in [1.54, 1.807) is 0 Å². The average molecular weight is 272 g/mol. The van der Waals surface area contributed by atoms with Crippen molar-refractivity contribution in [2.45, 2.75) is 5.92 Å². The van der Waals surface area contributed by atoms with Crippen molar-refractivity contribution >= 4 is 5.78 Å². The first-order valence-corrected chi connectivity index (χ1v) is 6.08. The topological polar surface area (TPSA) is 87.0 Å². The normalized spacial score (nSPS) is 17.4. The molecule has 1 unspecified atom stereocenters. The van der Waals surface area contributed by atoms with Crippen LogP contribution in [0.1, 0.15) is 21.8 Å². The van der Waals surface area contributed by atoms with Gasteiger partial charge in [0.2, 0.25) is 0 Å². The molecule has 1 atom stereocenters. The summed E-state index contributed by atoms with van der Waals surface area (Å²) in [5.41, 5.74) is 0.776. The molecule has 3 N–H and O–H groups in total. The van der Waals surface area contributed by atoms with Gasteiger partial charge in [-0.3, -0.25) is 4.79 Å². The number of ketones is 1. The second kappa shape index (κ2) is 4.45. The van der Waals surface area contributed by atoms with Crippen LogP contribution in [0, 0.1) is 0 Å². The lowest BCUT2D eigenvalue weighted by molar-refractivity contribution is 0.0894. The number of fused-ring (bicyclic) bond motifs is 1. The Labute approximate surface area is 114 Å². The standard InChI is InChI=1S/C15H12O5/c16-8-1-3-10(13(18)5-8)12-7-20-14-6-9(17)2-4-11(14)15(12)19/h1-6,12,16-18H,7H2. The number of rotatable bonds is 1. The van der Waals surface area contributed by atoms with Gasteiger partial charge in [-0.2, -0.15) is 0 Å². The van der Waals surface area contributed by atoms with E-state index in [0.29, 0.717) is 16.9 Å². The molecule has 0 saturated heterocycles. The van der Waals surface area contributed by atoms with Gasteiger partial charge in [-0.05, 0) is 18.2 Å². The van der Waals surface area contributed by atoms with Crippen molar-refractivity contribution in [1.29, 1.82) is 0 Å². The minimum atomic E-state index is -0.632. The third kappa shape index (κ3) is 1.93. The zero-order valence-corrected chi connectivity index (χ0v) is 10.4. The summed E-state index contributed by atoms with van der Waals surface area (Å²) in [6.07, 6.45) is 0. The molecule has 0 aromatic heterocycles. The fourth-order valence-electron chi connectivity index (χ4n) is 2.33. The third-order valence-electron chi connectivity index (χ3n) is 3.34. The van der Waals surface area contributed by atoms with E-state index in [9.17, 15) is 20.1 Å². The van der Waals surface area contributed by atoms with Gasteiger partial charge in [0.05, 0.1) is 11.5 Å². The average Bonchev–Trinajstić information content (AvgIpc) is 2.40. The minimum Gasteiger partial charge on any atom is -0.508 e. The van der Waals surface area contributed by atoms with Crippen LogP contribution < -0.4 is 4.74 Å². The van der Waals surface area contributed by atoms with Gasteiger partial charge in [-0.1, -0.05) is 6.07 Å². The highest BCUT2D eigenvalue weighted by atomic mass is 16.5. The second-order valence-corrected chi connectivity index (χ2v) is 4.65. The van der Waals surface area contributed by atoms with Crippen LogP contribution in [-0.4, -0.2) is 27.7 Å². The van der Waals surface area contributed by atoms with Crippen LogP contribution in [0.2, 0.25) is 0 Å². The quantitative estimate of drug-likeness (QED) is 0.740. The van der Waals surface area contributed by atoms with Crippen LogP contribution in [0.25, 0.3) is 0 Å². The molecule has 20 heavy (non-hydrogen) atoms. The maximum absolute atomic E-state index is 12.4. The molecule has 3 rings (SSSR count). The summed E-state index contributed by atoms with van der Waals surface area (Å²) in [5.74, 6) is -0.665. The van der Waals surface area contributed by atoms with Crippen molar-refractivity contribution in [1.82, 2.24) is 0 Å². The number of phenols is 3. The lowest BCUT2D eigenvalue weighted by atomic mass is 9.88. The number of hydrogen-bond donors (Lipinski definition) is 3. The van der Waals surface area contributed by atoms with E-state index in [0.717, 1.165) is 0 Å².